The highest BCUT2D eigenvalue weighted by Gasteiger charge is 2.40. The van der Waals surface area contributed by atoms with E-state index in [-0.39, 0.29) is 42.2 Å². The number of benzene rings is 3. The Morgan fingerprint density at radius 3 is 2.57 bits per heavy atom. The van der Waals surface area contributed by atoms with Crippen molar-refractivity contribution in [1.29, 1.82) is 0 Å². The standard InChI is InChI=1S/C30H33NO5S/c1-4-35-30(32)17-23-16-26(25-10-6-5-9-21(25)3)28-19-31(18-24-15-22(23)14-13-20(24)2)37(33,34)29-12-8-7-11-27(29)36-28/h5-15,23,26,28H,4,16-19H2,1-3H3/t23?,26?,28-/m0/s1. The number of carbonyl (C=O) groups excluding carboxylic acids is 1. The summed E-state index contributed by atoms with van der Waals surface area (Å²) in [5, 5.41) is 0. The summed E-state index contributed by atoms with van der Waals surface area (Å²) >= 11 is 0. The first-order chi connectivity index (χ1) is 17.8. The summed E-state index contributed by atoms with van der Waals surface area (Å²) in [4.78, 5) is 12.9. The third-order valence-corrected chi connectivity index (χ3v) is 9.46. The van der Waals surface area contributed by atoms with Crippen LogP contribution in [0.3, 0.4) is 0 Å². The number of rotatable bonds is 4. The van der Waals surface area contributed by atoms with Crippen molar-refractivity contribution in [2.75, 3.05) is 13.2 Å². The van der Waals surface area contributed by atoms with Crippen molar-refractivity contribution >= 4 is 16.0 Å². The average molecular weight is 520 g/mol. The second-order valence-electron chi connectivity index (χ2n) is 9.99. The Balaban J connectivity index is 1.71. The van der Waals surface area contributed by atoms with Gasteiger partial charge in [-0.15, -0.1) is 0 Å². The van der Waals surface area contributed by atoms with Gasteiger partial charge in [0.15, 0.2) is 0 Å². The van der Waals surface area contributed by atoms with Gasteiger partial charge in [0.1, 0.15) is 16.7 Å². The molecule has 2 heterocycles. The van der Waals surface area contributed by atoms with Crippen LogP contribution in [-0.4, -0.2) is 37.9 Å². The van der Waals surface area contributed by atoms with Crippen LogP contribution < -0.4 is 4.74 Å². The number of ether oxygens (including phenoxy) is 2. The minimum Gasteiger partial charge on any atom is -0.487 e. The summed E-state index contributed by atoms with van der Waals surface area (Å²) in [6.45, 7) is 6.67. The lowest BCUT2D eigenvalue weighted by Crippen LogP contribution is -2.41. The number of hydrogen-bond donors (Lipinski definition) is 0. The van der Waals surface area contributed by atoms with E-state index in [2.05, 4.69) is 31.2 Å². The van der Waals surface area contributed by atoms with Crippen LogP contribution in [0.2, 0.25) is 0 Å². The SMILES string of the molecule is CCOC(=O)CC1CC(c2ccccc2C)[C@@H]2CN(Cc3cc1ccc3C)S(=O)(=O)c1ccccc1O2. The van der Waals surface area contributed by atoms with E-state index in [1.165, 1.54) is 0 Å². The molecule has 0 amide bonds. The maximum Gasteiger partial charge on any atom is 0.306 e. The molecular formula is C30H33NO5S. The normalized spacial score (nSPS) is 24.2. The molecule has 4 atom stereocenters. The summed E-state index contributed by atoms with van der Waals surface area (Å²) in [6, 6.07) is 21.2. The summed E-state index contributed by atoms with van der Waals surface area (Å²) in [6.07, 6.45) is 0.435. The molecule has 0 fully saturated rings. The van der Waals surface area contributed by atoms with Gasteiger partial charge in [0, 0.05) is 12.5 Å². The van der Waals surface area contributed by atoms with Crippen LogP contribution in [-0.2, 0) is 26.1 Å². The number of fused-ring (bicyclic) bond motifs is 5. The number of esters is 1. The topological polar surface area (TPSA) is 72.9 Å². The molecule has 37 heavy (non-hydrogen) atoms. The molecule has 0 saturated heterocycles. The van der Waals surface area contributed by atoms with Crippen molar-refractivity contribution in [3.63, 3.8) is 0 Å². The van der Waals surface area contributed by atoms with Crippen LogP contribution in [0.25, 0.3) is 0 Å². The number of nitrogens with zero attached hydrogens (tertiary/aromatic N) is 1. The molecule has 0 spiro atoms. The minimum atomic E-state index is -3.79. The van der Waals surface area contributed by atoms with Crippen LogP contribution >= 0.6 is 0 Å². The van der Waals surface area contributed by atoms with Gasteiger partial charge in [0.05, 0.1) is 19.6 Å². The second kappa shape index (κ2) is 10.3. The van der Waals surface area contributed by atoms with E-state index in [4.69, 9.17) is 9.47 Å². The van der Waals surface area contributed by atoms with Gasteiger partial charge in [-0.2, -0.15) is 4.31 Å². The average Bonchev–Trinajstić information content (AvgIpc) is 2.97. The molecule has 5 rings (SSSR count). The molecule has 2 aliphatic heterocycles. The Labute approximate surface area is 219 Å². The van der Waals surface area contributed by atoms with E-state index in [9.17, 15) is 13.2 Å². The van der Waals surface area contributed by atoms with E-state index in [0.717, 1.165) is 27.8 Å². The van der Waals surface area contributed by atoms with Gasteiger partial charge in [-0.05, 0) is 73.1 Å². The number of carbonyl (C=O) groups is 1. The van der Waals surface area contributed by atoms with E-state index in [0.29, 0.717) is 18.8 Å². The van der Waals surface area contributed by atoms with Gasteiger partial charge in [0.25, 0.3) is 0 Å². The summed E-state index contributed by atoms with van der Waals surface area (Å²) in [5.41, 5.74) is 5.18. The molecule has 7 heteroatoms. The predicted molar refractivity (Wildman–Crippen MR) is 142 cm³/mol. The van der Waals surface area contributed by atoms with E-state index < -0.39 is 16.1 Å². The van der Waals surface area contributed by atoms with Crippen LogP contribution in [0.5, 0.6) is 5.75 Å². The maximum absolute atomic E-state index is 13.9. The fourth-order valence-electron chi connectivity index (χ4n) is 5.61. The molecule has 3 aromatic carbocycles. The Morgan fingerprint density at radius 1 is 1.03 bits per heavy atom. The van der Waals surface area contributed by atoms with Crippen molar-refractivity contribution in [2.45, 2.75) is 63.0 Å². The lowest BCUT2D eigenvalue weighted by atomic mass is 9.78. The predicted octanol–water partition coefficient (Wildman–Crippen LogP) is 5.48. The molecule has 0 aromatic heterocycles. The zero-order valence-corrected chi connectivity index (χ0v) is 22.3. The molecule has 3 aromatic rings. The van der Waals surface area contributed by atoms with Gasteiger partial charge < -0.3 is 9.47 Å². The Kier molecular flexibility index (Phi) is 7.10. The molecular weight excluding hydrogens is 486 g/mol. The largest absolute Gasteiger partial charge is 0.487 e. The quantitative estimate of drug-likeness (QED) is 0.427. The van der Waals surface area contributed by atoms with Crippen molar-refractivity contribution in [3.8, 4) is 5.75 Å². The monoisotopic (exact) mass is 519 g/mol. The fraction of sp³-hybridized carbons (Fsp3) is 0.367. The molecule has 0 aliphatic carbocycles. The van der Waals surface area contributed by atoms with Crippen molar-refractivity contribution < 1.29 is 22.7 Å². The van der Waals surface area contributed by atoms with Crippen LogP contribution in [0.1, 0.15) is 59.4 Å². The van der Waals surface area contributed by atoms with Gasteiger partial charge in [0.2, 0.25) is 10.0 Å². The van der Waals surface area contributed by atoms with Crippen LogP contribution in [0.4, 0.5) is 0 Å². The summed E-state index contributed by atoms with van der Waals surface area (Å²) < 4.78 is 41.3. The third kappa shape index (κ3) is 5.03. The molecule has 3 unspecified atom stereocenters. The number of sulfonamides is 1. The highest BCUT2D eigenvalue weighted by molar-refractivity contribution is 7.89. The lowest BCUT2D eigenvalue weighted by Gasteiger charge is -2.34. The van der Waals surface area contributed by atoms with Gasteiger partial charge in [-0.25, -0.2) is 8.42 Å². The molecule has 4 bridgehead atoms. The molecule has 0 radical (unpaired) electrons. The van der Waals surface area contributed by atoms with Crippen molar-refractivity contribution in [1.82, 2.24) is 4.31 Å². The van der Waals surface area contributed by atoms with Crippen molar-refractivity contribution in [2.24, 2.45) is 0 Å². The minimum absolute atomic E-state index is 0.103. The Bertz CT molecular complexity index is 1420. The zero-order chi connectivity index (χ0) is 26.2. The molecule has 0 N–H and O–H groups in total. The Morgan fingerprint density at radius 2 is 1.78 bits per heavy atom. The molecule has 0 saturated carbocycles. The zero-order valence-electron chi connectivity index (χ0n) is 21.5. The van der Waals surface area contributed by atoms with E-state index in [1.54, 1.807) is 28.6 Å². The van der Waals surface area contributed by atoms with E-state index in [1.807, 2.05) is 32.0 Å². The summed E-state index contributed by atoms with van der Waals surface area (Å²) in [5.74, 6) is -0.106. The summed E-state index contributed by atoms with van der Waals surface area (Å²) in [7, 11) is -3.79. The van der Waals surface area contributed by atoms with Crippen LogP contribution in [0, 0.1) is 13.8 Å². The first-order valence-corrected chi connectivity index (χ1v) is 14.3. The van der Waals surface area contributed by atoms with Gasteiger partial charge >= 0.3 is 5.97 Å². The number of hydrogen-bond acceptors (Lipinski definition) is 5. The molecule has 2 aliphatic rings. The number of aryl methyl sites for hydroxylation is 2. The maximum atomic E-state index is 13.9. The number of para-hydroxylation sites is 1. The second-order valence-corrected chi connectivity index (χ2v) is 11.9. The van der Waals surface area contributed by atoms with Gasteiger partial charge in [-0.1, -0.05) is 54.6 Å². The van der Waals surface area contributed by atoms with Crippen LogP contribution in [0.15, 0.2) is 71.6 Å². The molecule has 6 nitrogen and oxygen atoms in total. The molecule has 194 valence electrons. The first-order valence-electron chi connectivity index (χ1n) is 12.8. The Hall–Kier alpha value is -3.16. The van der Waals surface area contributed by atoms with Crippen molar-refractivity contribution in [3.05, 3.63) is 94.5 Å². The highest BCUT2D eigenvalue weighted by atomic mass is 32.2. The smallest absolute Gasteiger partial charge is 0.306 e. The van der Waals surface area contributed by atoms with E-state index >= 15 is 0 Å². The highest BCUT2D eigenvalue weighted by Crippen LogP contribution is 2.42. The first kappa shape index (κ1) is 25.5. The lowest BCUT2D eigenvalue weighted by molar-refractivity contribution is -0.143. The fourth-order valence-corrected chi connectivity index (χ4v) is 7.16. The van der Waals surface area contributed by atoms with Gasteiger partial charge in [-0.3, -0.25) is 4.79 Å². The third-order valence-electron chi connectivity index (χ3n) is 7.61.